The van der Waals surface area contributed by atoms with Crippen molar-refractivity contribution in [1.29, 1.82) is 5.41 Å². The fourth-order valence-corrected chi connectivity index (χ4v) is 2.58. The zero-order valence-electron chi connectivity index (χ0n) is 10.7. The minimum absolute atomic E-state index is 0.502. The van der Waals surface area contributed by atoms with Gasteiger partial charge >= 0.3 is 0 Å². The van der Waals surface area contributed by atoms with Gasteiger partial charge in [-0.25, -0.2) is 0 Å². The second kappa shape index (κ2) is 3.84. The molecule has 1 aromatic heterocycles. The Kier molecular flexibility index (Phi) is 2.12. The SMILES string of the molecule is N=c1ccc2c(ccc3cc4ccc(N)cc4oc32)c1. The van der Waals surface area contributed by atoms with Gasteiger partial charge in [0.1, 0.15) is 11.2 Å². The van der Waals surface area contributed by atoms with Gasteiger partial charge in [0.25, 0.3) is 0 Å². The quantitative estimate of drug-likeness (QED) is 0.287. The fraction of sp³-hybridized carbons (Fsp3) is 0. The van der Waals surface area contributed by atoms with Crippen LogP contribution in [0, 0.1) is 5.41 Å². The minimum atomic E-state index is 0.502. The van der Waals surface area contributed by atoms with Gasteiger partial charge in [0.15, 0.2) is 0 Å². The van der Waals surface area contributed by atoms with Crippen molar-refractivity contribution < 1.29 is 4.42 Å². The number of rotatable bonds is 0. The topological polar surface area (TPSA) is 63.0 Å². The van der Waals surface area contributed by atoms with Crippen LogP contribution in [0.2, 0.25) is 0 Å². The fourth-order valence-electron chi connectivity index (χ4n) is 2.58. The van der Waals surface area contributed by atoms with Gasteiger partial charge in [-0.2, -0.15) is 0 Å². The molecule has 0 atom stereocenters. The molecule has 96 valence electrons. The van der Waals surface area contributed by atoms with E-state index in [1.165, 1.54) is 0 Å². The lowest BCUT2D eigenvalue weighted by Crippen LogP contribution is -1.94. The largest absolute Gasteiger partial charge is 0.455 e. The maximum Gasteiger partial charge on any atom is 0.142 e. The predicted molar refractivity (Wildman–Crippen MR) is 81.5 cm³/mol. The number of nitrogen functional groups attached to an aromatic ring is 1. The number of anilines is 1. The predicted octanol–water partition coefficient (Wildman–Crippen LogP) is 3.80. The van der Waals surface area contributed by atoms with Gasteiger partial charge in [0.2, 0.25) is 0 Å². The average molecular weight is 260 g/mol. The van der Waals surface area contributed by atoms with Crippen molar-refractivity contribution in [3.05, 3.63) is 60.0 Å². The van der Waals surface area contributed by atoms with E-state index in [4.69, 9.17) is 15.6 Å². The van der Waals surface area contributed by atoms with Crippen LogP contribution in [0.4, 0.5) is 5.69 Å². The highest BCUT2D eigenvalue weighted by Gasteiger charge is 2.05. The van der Waals surface area contributed by atoms with Crippen LogP contribution >= 0.6 is 0 Å². The van der Waals surface area contributed by atoms with E-state index in [9.17, 15) is 0 Å². The second-order valence-corrected chi connectivity index (χ2v) is 4.96. The highest BCUT2D eigenvalue weighted by molar-refractivity contribution is 6.06. The summed E-state index contributed by atoms with van der Waals surface area (Å²) in [6.45, 7) is 0. The van der Waals surface area contributed by atoms with Crippen molar-refractivity contribution >= 4 is 38.4 Å². The Balaban J connectivity index is 2.22. The Bertz CT molecular complexity index is 1030. The van der Waals surface area contributed by atoms with Crippen LogP contribution in [0.3, 0.4) is 0 Å². The summed E-state index contributed by atoms with van der Waals surface area (Å²) in [6.07, 6.45) is 0. The van der Waals surface area contributed by atoms with Crippen LogP contribution in [-0.2, 0) is 0 Å². The van der Waals surface area contributed by atoms with E-state index in [2.05, 4.69) is 6.07 Å². The van der Waals surface area contributed by atoms with Crippen LogP contribution < -0.4 is 11.1 Å². The van der Waals surface area contributed by atoms with E-state index in [-0.39, 0.29) is 0 Å². The standard InChI is InChI=1S/C17H12N2O/c18-13-5-6-15-10(8-13)1-2-12-7-11-3-4-14(19)9-16(11)20-17(12)15/h1-9,18H,19H2. The summed E-state index contributed by atoms with van der Waals surface area (Å²) in [5.74, 6) is 0. The first-order valence-corrected chi connectivity index (χ1v) is 6.41. The molecule has 0 spiro atoms. The Hall–Kier alpha value is -2.81. The first kappa shape index (κ1) is 11.1. The van der Waals surface area contributed by atoms with Gasteiger partial charge in [-0.3, -0.25) is 0 Å². The van der Waals surface area contributed by atoms with Crippen molar-refractivity contribution in [3.63, 3.8) is 0 Å². The lowest BCUT2D eigenvalue weighted by molar-refractivity contribution is 0.665. The third kappa shape index (κ3) is 1.57. The summed E-state index contributed by atoms with van der Waals surface area (Å²) >= 11 is 0. The second-order valence-electron chi connectivity index (χ2n) is 4.96. The van der Waals surface area contributed by atoms with E-state index in [1.54, 1.807) is 6.07 Å². The molecule has 0 unspecified atom stereocenters. The zero-order valence-corrected chi connectivity index (χ0v) is 10.7. The van der Waals surface area contributed by atoms with Crippen molar-refractivity contribution in [2.75, 3.05) is 5.73 Å². The maximum atomic E-state index is 7.70. The molecule has 0 radical (unpaired) electrons. The van der Waals surface area contributed by atoms with Crippen molar-refractivity contribution in [1.82, 2.24) is 0 Å². The Morgan fingerprint density at radius 2 is 1.60 bits per heavy atom. The van der Waals surface area contributed by atoms with E-state index >= 15 is 0 Å². The van der Waals surface area contributed by atoms with Crippen LogP contribution in [-0.4, -0.2) is 0 Å². The summed E-state index contributed by atoms with van der Waals surface area (Å²) in [5, 5.41) is 12.3. The normalized spacial score (nSPS) is 11.4. The number of hydrogen-bond donors (Lipinski definition) is 2. The summed E-state index contributed by atoms with van der Waals surface area (Å²) in [6, 6.07) is 17.4. The van der Waals surface area contributed by atoms with E-state index in [1.807, 2.05) is 42.5 Å². The molecule has 0 aliphatic heterocycles. The minimum Gasteiger partial charge on any atom is -0.455 e. The summed E-state index contributed by atoms with van der Waals surface area (Å²) < 4.78 is 6.04. The molecule has 3 nitrogen and oxygen atoms in total. The molecule has 1 heterocycles. The number of fused-ring (bicyclic) bond motifs is 4. The zero-order chi connectivity index (χ0) is 13.7. The molecular weight excluding hydrogens is 248 g/mol. The van der Waals surface area contributed by atoms with Gasteiger partial charge in [-0.15, -0.1) is 0 Å². The highest BCUT2D eigenvalue weighted by Crippen LogP contribution is 2.29. The van der Waals surface area contributed by atoms with Gasteiger partial charge in [0.05, 0.1) is 5.36 Å². The molecule has 4 aromatic rings. The molecule has 3 heteroatoms. The van der Waals surface area contributed by atoms with E-state index in [0.717, 1.165) is 32.7 Å². The third-order valence-corrected chi connectivity index (χ3v) is 3.56. The maximum absolute atomic E-state index is 7.70. The lowest BCUT2D eigenvalue weighted by Gasteiger charge is -2.06. The summed E-state index contributed by atoms with van der Waals surface area (Å²) in [7, 11) is 0. The van der Waals surface area contributed by atoms with Crippen LogP contribution in [0.1, 0.15) is 0 Å². The average Bonchev–Trinajstić information content (AvgIpc) is 2.44. The smallest absolute Gasteiger partial charge is 0.142 e. The third-order valence-electron chi connectivity index (χ3n) is 3.56. The molecule has 0 saturated heterocycles. The Morgan fingerprint density at radius 3 is 2.50 bits per heavy atom. The molecular formula is C17H12N2O. The van der Waals surface area contributed by atoms with Crippen LogP contribution in [0.15, 0.2) is 59.0 Å². The summed E-state index contributed by atoms with van der Waals surface area (Å²) in [5.41, 5.74) is 8.12. The molecule has 0 saturated carbocycles. The first-order chi connectivity index (χ1) is 9.70. The first-order valence-electron chi connectivity index (χ1n) is 6.41. The number of hydrogen-bond acceptors (Lipinski definition) is 3. The van der Waals surface area contributed by atoms with Gasteiger partial charge in [0, 0.05) is 27.9 Å². The highest BCUT2D eigenvalue weighted by atomic mass is 16.3. The lowest BCUT2D eigenvalue weighted by atomic mass is 10.1. The molecule has 0 aliphatic carbocycles. The van der Waals surface area contributed by atoms with E-state index in [0.29, 0.717) is 11.0 Å². The summed E-state index contributed by atoms with van der Waals surface area (Å²) in [4.78, 5) is 0. The van der Waals surface area contributed by atoms with Gasteiger partial charge in [-0.1, -0.05) is 12.1 Å². The molecule has 3 N–H and O–H groups in total. The van der Waals surface area contributed by atoms with Gasteiger partial charge in [-0.05, 0) is 41.8 Å². The Labute approximate surface area is 114 Å². The molecule has 0 aliphatic rings. The molecule has 0 bridgehead atoms. The molecule has 4 rings (SSSR count). The van der Waals surface area contributed by atoms with Crippen LogP contribution in [0.5, 0.6) is 0 Å². The van der Waals surface area contributed by atoms with Gasteiger partial charge < -0.3 is 15.6 Å². The monoisotopic (exact) mass is 260 g/mol. The van der Waals surface area contributed by atoms with E-state index < -0.39 is 0 Å². The van der Waals surface area contributed by atoms with Crippen molar-refractivity contribution in [3.8, 4) is 0 Å². The molecule has 20 heavy (non-hydrogen) atoms. The number of nitrogens with one attached hydrogen (secondary N) is 1. The van der Waals surface area contributed by atoms with Crippen LogP contribution in [0.25, 0.3) is 32.7 Å². The number of benzene rings is 3. The van der Waals surface area contributed by atoms with Crippen molar-refractivity contribution in [2.24, 2.45) is 0 Å². The Morgan fingerprint density at radius 1 is 0.800 bits per heavy atom. The molecule has 0 fully saturated rings. The number of nitrogens with two attached hydrogens (primary N) is 1. The van der Waals surface area contributed by atoms with Crippen molar-refractivity contribution in [2.45, 2.75) is 0 Å². The molecule has 3 aromatic carbocycles. The molecule has 0 amide bonds.